The largest absolute Gasteiger partial charge is 0.223 e. The summed E-state index contributed by atoms with van der Waals surface area (Å²) in [6, 6.07) is 14.8. The maximum atomic E-state index is 12.3. The quantitative estimate of drug-likeness (QED) is 0.763. The summed E-state index contributed by atoms with van der Waals surface area (Å²) in [5, 5.41) is 10.2. The standard InChI is InChI=1S/C16H11Cl2NO2S/c17-14-5-1-12(2-6-14)9-16(10-19)22(20,21)11-13-3-7-15(18)8-4-13/h1-9H,11H2/b16-9+. The lowest BCUT2D eigenvalue weighted by Gasteiger charge is -2.04. The van der Waals surface area contributed by atoms with Crippen LogP contribution in [0.3, 0.4) is 0 Å². The van der Waals surface area contributed by atoms with E-state index in [0.717, 1.165) is 0 Å². The summed E-state index contributed by atoms with van der Waals surface area (Å²) in [6.07, 6.45) is 1.33. The fourth-order valence-electron chi connectivity index (χ4n) is 1.78. The Kier molecular flexibility index (Phi) is 5.25. The van der Waals surface area contributed by atoms with Crippen LogP contribution in [0.1, 0.15) is 11.1 Å². The first kappa shape index (κ1) is 16.6. The smallest absolute Gasteiger partial charge is 0.192 e. The number of hydrogen-bond donors (Lipinski definition) is 0. The third-order valence-electron chi connectivity index (χ3n) is 2.88. The molecule has 0 unspecified atom stereocenters. The molecule has 2 aromatic rings. The highest BCUT2D eigenvalue weighted by Crippen LogP contribution is 2.19. The second kappa shape index (κ2) is 6.97. The summed E-state index contributed by atoms with van der Waals surface area (Å²) >= 11 is 11.5. The summed E-state index contributed by atoms with van der Waals surface area (Å²) in [5.41, 5.74) is 1.17. The third kappa shape index (κ3) is 4.35. The SMILES string of the molecule is N#C/C(=C\c1ccc(Cl)cc1)S(=O)(=O)Cc1ccc(Cl)cc1. The number of nitriles is 1. The maximum absolute atomic E-state index is 12.3. The van der Waals surface area contributed by atoms with Crippen molar-refractivity contribution in [1.29, 1.82) is 5.26 Å². The van der Waals surface area contributed by atoms with Crippen molar-refractivity contribution in [2.75, 3.05) is 0 Å². The molecule has 0 fully saturated rings. The Balaban J connectivity index is 2.31. The van der Waals surface area contributed by atoms with Crippen molar-refractivity contribution in [3.63, 3.8) is 0 Å². The van der Waals surface area contributed by atoms with Crippen LogP contribution >= 0.6 is 23.2 Å². The number of nitrogens with zero attached hydrogens (tertiary/aromatic N) is 1. The van der Waals surface area contributed by atoms with Crippen LogP contribution in [-0.4, -0.2) is 8.42 Å². The maximum Gasteiger partial charge on any atom is 0.192 e. The summed E-state index contributed by atoms with van der Waals surface area (Å²) in [6.45, 7) is 0. The number of sulfone groups is 1. The van der Waals surface area contributed by atoms with Crippen LogP contribution in [0.5, 0.6) is 0 Å². The van der Waals surface area contributed by atoms with E-state index in [1.54, 1.807) is 54.6 Å². The fraction of sp³-hybridized carbons (Fsp3) is 0.0625. The van der Waals surface area contributed by atoms with Gasteiger partial charge < -0.3 is 0 Å². The van der Waals surface area contributed by atoms with Gasteiger partial charge in [0.25, 0.3) is 0 Å². The van der Waals surface area contributed by atoms with Gasteiger partial charge in [-0.15, -0.1) is 0 Å². The molecule has 0 radical (unpaired) electrons. The van der Waals surface area contributed by atoms with Gasteiger partial charge in [-0.1, -0.05) is 47.5 Å². The van der Waals surface area contributed by atoms with E-state index in [1.807, 2.05) is 0 Å². The second-order valence-electron chi connectivity index (χ2n) is 4.56. The summed E-state index contributed by atoms with van der Waals surface area (Å²) < 4.78 is 24.7. The van der Waals surface area contributed by atoms with E-state index in [0.29, 0.717) is 21.2 Å². The van der Waals surface area contributed by atoms with Crippen LogP contribution in [-0.2, 0) is 15.6 Å². The molecule has 0 heterocycles. The minimum absolute atomic E-state index is 0.253. The topological polar surface area (TPSA) is 57.9 Å². The highest BCUT2D eigenvalue weighted by Gasteiger charge is 2.18. The molecular weight excluding hydrogens is 341 g/mol. The normalized spacial score (nSPS) is 12.0. The van der Waals surface area contributed by atoms with Gasteiger partial charge in [0.2, 0.25) is 0 Å². The Hall–Kier alpha value is -1.80. The average molecular weight is 352 g/mol. The molecule has 0 aromatic heterocycles. The van der Waals surface area contributed by atoms with E-state index in [1.165, 1.54) is 6.08 Å². The number of benzene rings is 2. The lowest BCUT2D eigenvalue weighted by atomic mass is 10.2. The lowest BCUT2D eigenvalue weighted by molar-refractivity contribution is 0.602. The van der Waals surface area contributed by atoms with Gasteiger partial charge in [0.05, 0.1) is 5.75 Å². The molecule has 0 saturated heterocycles. The van der Waals surface area contributed by atoms with E-state index >= 15 is 0 Å². The van der Waals surface area contributed by atoms with Crippen molar-refractivity contribution < 1.29 is 8.42 Å². The van der Waals surface area contributed by atoms with Crippen molar-refractivity contribution in [3.8, 4) is 6.07 Å². The molecule has 112 valence electrons. The fourth-order valence-corrected chi connectivity index (χ4v) is 3.27. The van der Waals surface area contributed by atoms with E-state index in [-0.39, 0.29) is 10.7 Å². The first-order chi connectivity index (χ1) is 10.4. The monoisotopic (exact) mass is 351 g/mol. The minimum atomic E-state index is -3.72. The molecule has 2 aromatic carbocycles. The number of hydrogen-bond acceptors (Lipinski definition) is 3. The minimum Gasteiger partial charge on any atom is -0.223 e. The van der Waals surface area contributed by atoms with E-state index in [4.69, 9.17) is 28.5 Å². The third-order valence-corrected chi connectivity index (χ3v) is 4.98. The number of allylic oxidation sites excluding steroid dienone is 1. The first-order valence-corrected chi connectivity index (χ1v) is 8.66. The molecule has 0 spiro atoms. The zero-order chi connectivity index (χ0) is 16.2. The van der Waals surface area contributed by atoms with Crippen LogP contribution in [0, 0.1) is 11.3 Å². The summed E-state index contributed by atoms with van der Waals surface area (Å²) in [7, 11) is -3.72. The van der Waals surface area contributed by atoms with Gasteiger partial charge in [0.15, 0.2) is 9.84 Å². The summed E-state index contributed by atoms with van der Waals surface area (Å²) in [4.78, 5) is -0.287. The molecule has 3 nitrogen and oxygen atoms in total. The predicted octanol–water partition coefficient (Wildman–Crippen LogP) is 4.47. The molecule has 22 heavy (non-hydrogen) atoms. The molecule has 6 heteroatoms. The Bertz CT molecular complexity index is 833. The Morgan fingerprint density at radius 2 is 1.50 bits per heavy atom. The number of halogens is 2. The van der Waals surface area contributed by atoms with Gasteiger partial charge >= 0.3 is 0 Å². The molecular formula is C16H11Cl2NO2S. The Labute approximate surface area is 139 Å². The Morgan fingerprint density at radius 3 is 2.00 bits per heavy atom. The van der Waals surface area contributed by atoms with Crippen molar-refractivity contribution in [1.82, 2.24) is 0 Å². The lowest BCUT2D eigenvalue weighted by Crippen LogP contribution is -2.06. The molecule has 0 amide bonds. The zero-order valence-corrected chi connectivity index (χ0v) is 13.7. The molecule has 0 aliphatic carbocycles. The van der Waals surface area contributed by atoms with Crippen LogP contribution in [0.4, 0.5) is 0 Å². The Morgan fingerprint density at radius 1 is 1.00 bits per heavy atom. The highest BCUT2D eigenvalue weighted by atomic mass is 35.5. The van der Waals surface area contributed by atoms with Gasteiger partial charge in [0.1, 0.15) is 11.0 Å². The molecule has 0 saturated carbocycles. The van der Waals surface area contributed by atoms with Crippen LogP contribution in [0.2, 0.25) is 10.0 Å². The van der Waals surface area contributed by atoms with Gasteiger partial charge in [-0.05, 0) is 41.5 Å². The molecule has 0 aliphatic heterocycles. The van der Waals surface area contributed by atoms with Crippen molar-refractivity contribution in [2.24, 2.45) is 0 Å². The molecule has 0 N–H and O–H groups in total. The van der Waals surface area contributed by atoms with Crippen LogP contribution in [0.25, 0.3) is 6.08 Å². The molecule has 0 bridgehead atoms. The van der Waals surface area contributed by atoms with Gasteiger partial charge in [-0.2, -0.15) is 5.26 Å². The first-order valence-electron chi connectivity index (χ1n) is 6.25. The van der Waals surface area contributed by atoms with E-state index in [2.05, 4.69) is 0 Å². The second-order valence-corrected chi connectivity index (χ2v) is 7.39. The van der Waals surface area contributed by atoms with Gasteiger partial charge in [0, 0.05) is 10.0 Å². The van der Waals surface area contributed by atoms with Crippen molar-refractivity contribution in [3.05, 3.63) is 74.6 Å². The molecule has 0 aliphatic rings. The van der Waals surface area contributed by atoms with Crippen molar-refractivity contribution >= 4 is 39.1 Å². The predicted molar refractivity (Wildman–Crippen MR) is 89.1 cm³/mol. The zero-order valence-electron chi connectivity index (χ0n) is 11.3. The van der Waals surface area contributed by atoms with Crippen LogP contribution < -0.4 is 0 Å². The average Bonchev–Trinajstić information content (AvgIpc) is 2.48. The molecule has 0 atom stereocenters. The number of rotatable bonds is 4. The highest BCUT2D eigenvalue weighted by molar-refractivity contribution is 7.95. The molecule has 2 rings (SSSR count). The van der Waals surface area contributed by atoms with E-state index in [9.17, 15) is 8.42 Å². The van der Waals surface area contributed by atoms with Crippen molar-refractivity contribution in [2.45, 2.75) is 5.75 Å². The summed E-state index contributed by atoms with van der Waals surface area (Å²) in [5.74, 6) is -0.253. The van der Waals surface area contributed by atoms with Crippen LogP contribution in [0.15, 0.2) is 53.4 Å². The van der Waals surface area contributed by atoms with E-state index < -0.39 is 9.84 Å². The van der Waals surface area contributed by atoms with Gasteiger partial charge in [-0.25, -0.2) is 8.42 Å². The van der Waals surface area contributed by atoms with Gasteiger partial charge in [-0.3, -0.25) is 0 Å².